The maximum atomic E-state index is 5.50. The van der Waals surface area contributed by atoms with Gasteiger partial charge in [-0.3, -0.25) is 0 Å². The summed E-state index contributed by atoms with van der Waals surface area (Å²) in [5.74, 6) is 2.20. The normalized spacial score (nSPS) is 17.0. The summed E-state index contributed by atoms with van der Waals surface area (Å²) in [5.41, 5.74) is 3.80. The van der Waals surface area contributed by atoms with Crippen LogP contribution in [0.2, 0.25) is 0 Å². The Morgan fingerprint density at radius 3 is 2.70 bits per heavy atom. The number of rotatable bonds is 3. The van der Waals surface area contributed by atoms with E-state index in [1.54, 1.807) is 14.2 Å². The van der Waals surface area contributed by atoms with Gasteiger partial charge in [-0.25, -0.2) is 0 Å². The molecular formula is C17H19NO2. The van der Waals surface area contributed by atoms with Crippen LogP contribution in [0.4, 0.5) is 5.69 Å². The molecule has 3 rings (SSSR count). The summed E-state index contributed by atoms with van der Waals surface area (Å²) in [6.45, 7) is 0.917. The standard InChI is InChI=1S/C17H19NO2/c1-19-14-7-8-17(20-2)15(10-14)13-9-12-5-3-4-6-16(12)18-11-13/h3-8,10,13,18H,9,11H2,1-2H3. The van der Waals surface area contributed by atoms with Gasteiger partial charge in [0.2, 0.25) is 0 Å². The van der Waals surface area contributed by atoms with Crippen LogP contribution in [0.3, 0.4) is 0 Å². The van der Waals surface area contributed by atoms with Gasteiger partial charge in [-0.1, -0.05) is 18.2 Å². The highest BCUT2D eigenvalue weighted by Crippen LogP contribution is 2.36. The lowest BCUT2D eigenvalue weighted by molar-refractivity contribution is 0.395. The summed E-state index contributed by atoms with van der Waals surface area (Å²) in [6.07, 6.45) is 1.02. The minimum atomic E-state index is 0.398. The van der Waals surface area contributed by atoms with Crippen molar-refractivity contribution < 1.29 is 9.47 Å². The molecule has 104 valence electrons. The van der Waals surface area contributed by atoms with E-state index >= 15 is 0 Å². The summed E-state index contributed by atoms with van der Waals surface area (Å²) in [5, 5.41) is 3.50. The fraction of sp³-hybridized carbons (Fsp3) is 0.294. The molecule has 3 heteroatoms. The maximum absolute atomic E-state index is 5.50. The Labute approximate surface area is 119 Å². The second-order valence-electron chi connectivity index (χ2n) is 5.05. The molecule has 1 aliphatic rings. The number of methoxy groups -OCH3 is 2. The fourth-order valence-corrected chi connectivity index (χ4v) is 2.82. The van der Waals surface area contributed by atoms with Gasteiger partial charge in [0.1, 0.15) is 11.5 Å². The number of benzene rings is 2. The first-order valence-corrected chi connectivity index (χ1v) is 6.85. The van der Waals surface area contributed by atoms with Gasteiger partial charge in [0.15, 0.2) is 0 Å². The second kappa shape index (κ2) is 5.45. The van der Waals surface area contributed by atoms with Gasteiger partial charge in [0.25, 0.3) is 0 Å². The van der Waals surface area contributed by atoms with Gasteiger partial charge in [0.05, 0.1) is 14.2 Å². The molecule has 1 atom stereocenters. The number of para-hydroxylation sites is 1. The molecule has 0 amide bonds. The van der Waals surface area contributed by atoms with Gasteiger partial charge in [0, 0.05) is 23.7 Å². The zero-order valence-electron chi connectivity index (χ0n) is 11.8. The molecule has 0 saturated heterocycles. The Bertz CT molecular complexity index is 610. The molecule has 0 spiro atoms. The van der Waals surface area contributed by atoms with E-state index in [2.05, 4.69) is 35.6 Å². The zero-order valence-corrected chi connectivity index (χ0v) is 11.8. The molecule has 0 aromatic heterocycles. The van der Waals surface area contributed by atoms with Crippen LogP contribution < -0.4 is 14.8 Å². The lowest BCUT2D eigenvalue weighted by Crippen LogP contribution is -2.21. The Hall–Kier alpha value is -2.16. The molecule has 0 radical (unpaired) electrons. The fourth-order valence-electron chi connectivity index (χ4n) is 2.82. The molecule has 3 nitrogen and oxygen atoms in total. The van der Waals surface area contributed by atoms with E-state index in [4.69, 9.17) is 9.47 Å². The van der Waals surface area contributed by atoms with Gasteiger partial charge in [-0.05, 0) is 36.2 Å². The van der Waals surface area contributed by atoms with Crippen molar-refractivity contribution in [3.8, 4) is 11.5 Å². The van der Waals surface area contributed by atoms with Gasteiger partial charge in [-0.15, -0.1) is 0 Å². The van der Waals surface area contributed by atoms with Crippen molar-refractivity contribution in [1.82, 2.24) is 0 Å². The van der Waals surface area contributed by atoms with Gasteiger partial charge in [-0.2, -0.15) is 0 Å². The highest BCUT2D eigenvalue weighted by Gasteiger charge is 2.22. The zero-order chi connectivity index (χ0) is 13.9. The third kappa shape index (κ3) is 2.31. The van der Waals surface area contributed by atoms with E-state index in [1.165, 1.54) is 16.8 Å². The average molecular weight is 269 g/mol. The van der Waals surface area contributed by atoms with Crippen LogP contribution >= 0.6 is 0 Å². The number of fused-ring (bicyclic) bond motifs is 1. The monoisotopic (exact) mass is 269 g/mol. The molecule has 1 unspecified atom stereocenters. The molecule has 0 aliphatic carbocycles. The largest absolute Gasteiger partial charge is 0.497 e. The lowest BCUT2D eigenvalue weighted by atomic mass is 9.87. The molecule has 1 aliphatic heterocycles. The first-order valence-electron chi connectivity index (χ1n) is 6.85. The molecule has 1 heterocycles. The number of hydrogen-bond acceptors (Lipinski definition) is 3. The maximum Gasteiger partial charge on any atom is 0.122 e. The predicted octanol–water partition coefficient (Wildman–Crippen LogP) is 3.46. The van der Waals surface area contributed by atoms with Crippen LogP contribution in [0, 0.1) is 0 Å². The first-order chi connectivity index (χ1) is 9.81. The number of hydrogen-bond donors (Lipinski definition) is 1. The van der Waals surface area contributed by atoms with Crippen molar-refractivity contribution in [2.75, 3.05) is 26.1 Å². The van der Waals surface area contributed by atoms with Crippen molar-refractivity contribution in [3.63, 3.8) is 0 Å². The number of nitrogens with one attached hydrogen (secondary N) is 1. The molecule has 2 aromatic carbocycles. The van der Waals surface area contributed by atoms with Crippen molar-refractivity contribution in [2.24, 2.45) is 0 Å². The minimum Gasteiger partial charge on any atom is -0.497 e. The number of anilines is 1. The Balaban J connectivity index is 1.94. The van der Waals surface area contributed by atoms with E-state index < -0.39 is 0 Å². The van der Waals surface area contributed by atoms with E-state index in [0.717, 1.165) is 24.5 Å². The SMILES string of the molecule is COc1ccc(OC)c(C2CNc3ccccc3C2)c1. The summed E-state index contributed by atoms with van der Waals surface area (Å²) < 4.78 is 10.8. The third-order valence-electron chi connectivity index (χ3n) is 3.90. The van der Waals surface area contributed by atoms with E-state index in [9.17, 15) is 0 Å². The predicted molar refractivity (Wildman–Crippen MR) is 80.9 cm³/mol. The minimum absolute atomic E-state index is 0.398. The van der Waals surface area contributed by atoms with E-state index in [1.807, 2.05) is 12.1 Å². The third-order valence-corrected chi connectivity index (χ3v) is 3.90. The number of ether oxygens (including phenoxy) is 2. The Morgan fingerprint density at radius 1 is 1.05 bits per heavy atom. The van der Waals surface area contributed by atoms with E-state index in [0.29, 0.717) is 5.92 Å². The quantitative estimate of drug-likeness (QED) is 0.925. The molecule has 20 heavy (non-hydrogen) atoms. The van der Waals surface area contributed by atoms with Crippen LogP contribution in [-0.2, 0) is 6.42 Å². The first kappa shape index (κ1) is 12.9. The van der Waals surface area contributed by atoms with Crippen LogP contribution in [0.25, 0.3) is 0 Å². The van der Waals surface area contributed by atoms with Crippen LogP contribution in [0.15, 0.2) is 42.5 Å². The average Bonchev–Trinajstić information content (AvgIpc) is 2.53. The lowest BCUT2D eigenvalue weighted by Gasteiger charge is -2.27. The smallest absolute Gasteiger partial charge is 0.122 e. The Morgan fingerprint density at radius 2 is 1.90 bits per heavy atom. The molecular weight excluding hydrogens is 250 g/mol. The van der Waals surface area contributed by atoms with Crippen LogP contribution in [0.1, 0.15) is 17.0 Å². The summed E-state index contributed by atoms with van der Waals surface area (Å²) in [6, 6.07) is 14.5. The molecule has 0 fully saturated rings. The molecule has 0 bridgehead atoms. The highest BCUT2D eigenvalue weighted by molar-refractivity contribution is 5.55. The van der Waals surface area contributed by atoms with Crippen molar-refractivity contribution in [2.45, 2.75) is 12.3 Å². The summed E-state index contributed by atoms with van der Waals surface area (Å²) in [7, 11) is 3.41. The van der Waals surface area contributed by atoms with E-state index in [-0.39, 0.29) is 0 Å². The second-order valence-corrected chi connectivity index (χ2v) is 5.05. The van der Waals surface area contributed by atoms with Crippen molar-refractivity contribution in [1.29, 1.82) is 0 Å². The summed E-state index contributed by atoms with van der Waals surface area (Å²) >= 11 is 0. The van der Waals surface area contributed by atoms with Crippen LogP contribution in [-0.4, -0.2) is 20.8 Å². The highest BCUT2D eigenvalue weighted by atomic mass is 16.5. The molecule has 2 aromatic rings. The van der Waals surface area contributed by atoms with Crippen LogP contribution in [0.5, 0.6) is 11.5 Å². The topological polar surface area (TPSA) is 30.5 Å². The molecule has 1 N–H and O–H groups in total. The summed E-state index contributed by atoms with van der Waals surface area (Å²) in [4.78, 5) is 0. The van der Waals surface area contributed by atoms with Gasteiger partial charge >= 0.3 is 0 Å². The Kier molecular flexibility index (Phi) is 3.50. The molecule has 0 saturated carbocycles. The van der Waals surface area contributed by atoms with Gasteiger partial charge < -0.3 is 14.8 Å². The van der Waals surface area contributed by atoms with Crippen molar-refractivity contribution in [3.05, 3.63) is 53.6 Å². The van der Waals surface area contributed by atoms with Crippen molar-refractivity contribution >= 4 is 5.69 Å².